The van der Waals surface area contributed by atoms with Gasteiger partial charge in [-0.2, -0.15) is 14.7 Å². The van der Waals surface area contributed by atoms with Gasteiger partial charge in [0.25, 0.3) is 11.3 Å². The predicted octanol–water partition coefficient (Wildman–Crippen LogP) is 0.740. The van der Waals surface area contributed by atoms with E-state index in [1.54, 1.807) is 6.92 Å². The highest BCUT2D eigenvalue weighted by molar-refractivity contribution is 5.76. The van der Waals surface area contributed by atoms with Gasteiger partial charge in [-0.05, 0) is 13.3 Å². The van der Waals surface area contributed by atoms with Crippen LogP contribution >= 0.6 is 0 Å². The molecule has 1 aliphatic rings. The molecule has 0 bridgehead atoms. The minimum atomic E-state index is -0.398. The molecule has 0 aliphatic carbocycles. The number of aryl methyl sites for hydroxylation is 1. The second kappa shape index (κ2) is 6.84. The number of carbonyl (C=O) groups is 1. The van der Waals surface area contributed by atoms with Crippen LogP contribution in [-0.2, 0) is 11.2 Å². The Bertz CT molecular complexity index is 913. The molecule has 0 spiro atoms. The van der Waals surface area contributed by atoms with Gasteiger partial charge in [-0.3, -0.25) is 14.7 Å². The molecule has 0 radical (unpaired) electrons. The van der Waals surface area contributed by atoms with Crippen molar-refractivity contribution in [3.8, 4) is 12.3 Å². The van der Waals surface area contributed by atoms with Crippen LogP contribution in [0.15, 0.2) is 21.4 Å². The first-order valence-corrected chi connectivity index (χ1v) is 8.10. The first kappa shape index (κ1) is 16.8. The van der Waals surface area contributed by atoms with Gasteiger partial charge in [0.1, 0.15) is 6.33 Å². The van der Waals surface area contributed by atoms with Crippen LogP contribution in [0.4, 0.5) is 0 Å². The van der Waals surface area contributed by atoms with E-state index >= 15 is 0 Å². The van der Waals surface area contributed by atoms with Crippen molar-refractivity contribution in [3.05, 3.63) is 27.9 Å². The summed E-state index contributed by atoms with van der Waals surface area (Å²) in [5.41, 5.74) is 0.477. The molecule has 1 aliphatic heterocycles. The number of amides is 1. The minimum absolute atomic E-state index is 0.124. The molecular weight excluding hydrogens is 322 g/mol. The summed E-state index contributed by atoms with van der Waals surface area (Å²) in [4.78, 5) is 32.6. The number of rotatable bonds is 8. The molecule has 9 heteroatoms. The van der Waals surface area contributed by atoms with Gasteiger partial charge >= 0.3 is 0 Å². The number of aromatic amines is 1. The van der Waals surface area contributed by atoms with Gasteiger partial charge in [-0.25, -0.2) is 9.97 Å². The number of nitrogens with zero attached hydrogens (tertiary/aromatic N) is 5. The van der Waals surface area contributed by atoms with Crippen molar-refractivity contribution in [2.45, 2.75) is 44.7 Å². The van der Waals surface area contributed by atoms with Crippen LogP contribution < -0.4 is 10.9 Å². The lowest BCUT2D eigenvalue weighted by atomic mass is 10.0. The Labute approximate surface area is 144 Å². The average molecular weight is 341 g/mol. The fourth-order valence-electron chi connectivity index (χ4n) is 2.68. The normalized spacial score (nSPS) is 14.4. The fourth-order valence-corrected chi connectivity index (χ4v) is 2.68. The number of hydrogen-bond donors (Lipinski definition) is 2. The largest absolute Gasteiger partial charge is 0.356 e. The van der Waals surface area contributed by atoms with E-state index in [2.05, 4.69) is 36.5 Å². The zero-order valence-corrected chi connectivity index (χ0v) is 13.9. The number of hydrogen-bond acceptors (Lipinski definition) is 6. The van der Waals surface area contributed by atoms with Crippen molar-refractivity contribution in [1.29, 1.82) is 0 Å². The third-order valence-electron chi connectivity index (χ3n) is 4.23. The molecule has 2 aromatic rings. The molecule has 0 unspecified atom stereocenters. The minimum Gasteiger partial charge on any atom is -0.356 e. The van der Waals surface area contributed by atoms with E-state index in [1.807, 2.05) is 0 Å². The van der Waals surface area contributed by atoms with Crippen LogP contribution in [0.5, 0.6) is 0 Å². The Morgan fingerprint density at radius 2 is 2.24 bits per heavy atom. The molecule has 2 N–H and O–H groups in total. The van der Waals surface area contributed by atoms with E-state index in [1.165, 1.54) is 10.8 Å². The van der Waals surface area contributed by atoms with Gasteiger partial charge in [0.2, 0.25) is 5.91 Å². The second-order valence-electron chi connectivity index (χ2n) is 5.99. The monoisotopic (exact) mass is 341 g/mol. The Morgan fingerprint density at radius 1 is 1.44 bits per heavy atom. The van der Waals surface area contributed by atoms with Crippen LogP contribution in [0.2, 0.25) is 0 Å². The highest BCUT2D eigenvalue weighted by atomic mass is 16.1. The average Bonchev–Trinajstić information content (AvgIpc) is 3.19. The third-order valence-corrected chi connectivity index (χ3v) is 4.23. The number of terminal acetylenes is 1. The SMILES string of the molecule is C#CCCC1(CCNC(=O)CCc2c(C)nc3nc[nH]n3c2=O)N=N1. The lowest BCUT2D eigenvalue weighted by Crippen LogP contribution is -2.29. The molecule has 130 valence electrons. The van der Waals surface area contributed by atoms with E-state index < -0.39 is 5.66 Å². The van der Waals surface area contributed by atoms with Gasteiger partial charge in [0.05, 0.1) is 5.69 Å². The molecule has 2 aromatic heterocycles. The van der Waals surface area contributed by atoms with Crippen molar-refractivity contribution in [2.75, 3.05) is 6.54 Å². The summed E-state index contributed by atoms with van der Waals surface area (Å²) in [5.74, 6) is 2.77. The summed E-state index contributed by atoms with van der Waals surface area (Å²) in [6.07, 6.45) is 9.16. The summed E-state index contributed by atoms with van der Waals surface area (Å²) in [5, 5.41) is 13.6. The van der Waals surface area contributed by atoms with Crippen LogP contribution in [0.1, 0.15) is 36.9 Å². The number of aromatic nitrogens is 4. The molecule has 3 rings (SSSR count). The van der Waals surface area contributed by atoms with Gasteiger partial charge < -0.3 is 5.32 Å². The zero-order chi connectivity index (χ0) is 17.9. The van der Waals surface area contributed by atoms with Crippen molar-refractivity contribution in [2.24, 2.45) is 10.2 Å². The maximum absolute atomic E-state index is 12.4. The summed E-state index contributed by atoms with van der Waals surface area (Å²) >= 11 is 0. The van der Waals surface area contributed by atoms with E-state index in [4.69, 9.17) is 6.42 Å². The predicted molar refractivity (Wildman–Crippen MR) is 89.9 cm³/mol. The lowest BCUT2D eigenvalue weighted by molar-refractivity contribution is -0.121. The van der Waals surface area contributed by atoms with Crippen LogP contribution in [0.3, 0.4) is 0 Å². The van der Waals surface area contributed by atoms with Gasteiger partial charge in [0, 0.05) is 37.8 Å². The first-order chi connectivity index (χ1) is 12.0. The van der Waals surface area contributed by atoms with Crippen molar-refractivity contribution < 1.29 is 4.79 Å². The maximum atomic E-state index is 12.4. The van der Waals surface area contributed by atoms with Gasteiger partial charge in [-0.1, -0.05) is 0 Å². The molecule has 0 aromatic carbocycles. The highest BCUT2D eigenvalue weighted by Crippen LogP contribution is 2.35. The molecule has 9 nitrogen and oxygen atoms in total. The number of fused-ring (bicyclic) bond motifs is 1. The van der Waals surface area contributed by atoms with Crippen LogP contribution in [0, 0.1) is 19.3 Å². The smallest absolute Gasteiger partial charge is 0.277 e. The highest BCUT2D eigenvalue weighted by Gasteiger charge is 2.38. The Hall–Kier alpha value is -3.02. The standard InChI is InChI=1S/C16H19N7O2/c1-3-4-7-16(21-22-16)8-9-17-13(24)6-5-12-11(2)20-15-18-10-19-23(15)14(12)25/h1,10H,4-9H2,2H3,(H,17,24)(H,18,19,20). The van der Waals surface area contributed by atoms with Crippen molar-refractivity contribution in [1.82, 2.24) is 24.9 Å². The Balaban J connectivity index is 1.50. The topological polar surface area (TPSA) is 117 Å². The maximum Gasteiger partial charge on any atom is 0.277 e. The first-order valence-electron chi connectivity index (χ1n) is 8.10. The second-order valence-corrected chi connectivity index (χ2v) is 5.99. The van der Waals surface area contributed by atoms with Gasteiger partial charge in [-0.15, -0.1) is 12.3 Å². The Kier molecular flexibility index (Phi) is 4.61. The molecule has 0 saturated carbocycles. The van der Waals surface area contributed by atoms with Gasteiger partial charge in [0.15, 0.2) is 5.66 Å². The number of H-pyrrole nitrogens is 1. The summed E-state index contributed by atoms with van der Waals surface area (Å²) < 4.78 is 1.27. The molecule has 0 atom stereocenters. The number of nitrogens with one attached hydrogen (secondary N) is 2. The Morgan fingerprint density at radius 3 is 2.96 bits per heavy atom. The molecule has 3 heterocycles. The van der Waals surface area contributed by atoms with E-state index in [9.17, 15) is 9.59 Å². The van der Waals surface area contributed by atoms with Crippen LogP contribution in [0.25, 0.3) is 5.78 Å². The molecular formula is C16H19N7O2. The van der Waals surface area contributed by atoms with Crippen LogP contribution in [-0.4, -0.2) is 37.7 Å². The van der Waals surface area contributed by atoms with Crippen molar-refractivity contribution >= 4 is 11.7 Å². The lowest BCUT2D eigenvalue weighted by Gasteiger charge is -2.10. The summed E-state index contributed by atoms with van der Waals surface area (Å²) in [6.45, 7) is 2.22. The summed E-state index contributed by atoms with van der Waals surface area (Å²) in [7, 11) is 0. The molecule has 1 amide bonds. The fraction of sp³-hybridized carbons (Fsp3) is 0.500. The van der Waals surface area contributed by atoms with Crippen molar-refractivity contribution in [3.63, 3.8) is 0 Å². The number of carbonyl (C=O) groups excluding carboxylic acids is 1. The molecule has 25 heavy (non-hydrogen) atoms. The van der Waals surface area contributed by atoms with E-state index in [-0.39, 0.29) is 17.9 Å². The molecule has 0 saturated heterocycles. The third kappa shape index (κ3) is 3.74. The molecule has 0 fully saturated rings. The zero-order valence-electron chi connectivity index (χ0n) is 13.9. The quantitative estimate of drug-likeness (QED) is 0.689. The van der Waals surface area contributed by atoms with E-state index in [0.29, 0.717) is 49.3 Å². The summed E-state index contributed by atoms with van der Waals surface area (Å²) in [6, 6.07) is 0. The van der Waals surface area contributed by atoms with E-state index in [0.717, 1.165) is 0 Å².